The molecule has 0 radical (unpaired) electrons. The topological polar surface area (TPSA) is 122 Å². The molecule has 180 valence electrons. The third-order valence-electron chi connectivity index (χ3n) is 5.84. The molecule has 0 saturated carbocycles. The molecule has 3 heterocycles. The smallest absolute Gasteiger partial charge is 0.244 e. The first-order valence-corrected chi connectivity index (χ1v) is 13.3. The Morgan fingerprint density at radius 1 is 1.24 bits per heavy atom. The van der Waals surface area contributed by atoms with Gasteiger partial charge in [0.1, 0.15) is 0 Å². The third kappa shape index (κ3) is 4.96. The van der Waals surface area contributed by atoms with Crippen LogP contribution < -0.4 is 5.32 Å². The summed E-state index contributed by atoms with van der Waals surface area (Å²) >= 11 is 1.31. The quantitative estimate of drug-likeness (QED) is 0.486. The number of sulfonamides is 1. The van der Waals surface area contributed by atoms with Crippen molar-refractivity contribution in [3.63, 3.8) is 0 Å². The summed E-state index contributed by atoms with van der Waals surface area (Å²) in [5.74, 6) is 0.329. The molecule has 0 spiro atoms. The zero-order chi connectivity index (χ0) is 24.5. The van der Waals surface area contributed by atoms with Crippen LogP contribution in [0.2, 0.25) is 0 Å². The van der Waals surface area contributed by atoms with Gasteiger partial charge in [0.25, 0.3) is 0 Å². The first kappa shape index (κ1) is 24.2. The number of ketones is 1. The molecule has 3 aromatic rings. The molecule has 1 aromatic carbocycles. The predicted octanol–water partition coefficient (Wildman–Crippen LogP) is 3.91. The van der Waals surface area contributed by atoms with E-state index in [1.54, 1.807) is 37.3 Å². The maximum atomic E-state index is 13.3. The first-order valence-electron chi connectivity index (χ1n) is 11.0. The number of rotatable bonds is 7. The van der Waals surface area contributed by atoms with Crippen molar-refractivity contribution in [1.29, 1.82) is 0 Å². The molecule has 34 heavy (non-hydrogen) atoms. The molecule has 0 unspecified atom stereocenters. The molecule has 9 nitrogen and oxygen atoms in total. The highest BCUT2D eigenvalue weighted by Crippen LogP contribution is 2.35. The SMILES string of the molecule is CCc1nc(-c2cc(S(=O)(=O)N3CCC(C(=O)Nc4cccc(C(C)=O)c4)CC3)c(C)s2)no1. The van der Waals surface area contributed by atoms with Crippen molar-refractivity contribution >= 4 is 38.7 Å². The molecular weight excluding hydrogens is 476 g/mol. The van der Waals surface area contributed by atoms with E-state index in [9.17, 15) is 18.0 Å². The highest BCUT2D eigenvalue weighted by Gasteiger charge is 2.34. The Bertz CT molecular complexity index is 1320. The largest absolute Gasteiger partial charge is 0.339 e. The van der Waals surface area contributed by atoms with Crippen molar-refractivity contribution in [3.05, 3.63) is 46.7 Å². The number of hydrogen-bond acceptors (Lipinski definition) is 8. The molecule has 0 aliphatic carbocycles. The van der Waals surface area contributed by atoms with Crippen LogP contribution in [0, 0.1) is 12.8 Å². The maximum Gasteiger partial charge on any atom is 0.244 e. The predicted molar refractivity (Wildman–Crippen MR) is 128 cm³/mol. The Labute approximate surface area is 202 Å². The Morgan fingerprint density at radius 2 is 1.97 bits per heavy atom. The average Bonchev–Trinajstić information content (AvgIpc) is 3.46. The zero-order valence-corrected chi connectivity index (χ0v) is 20.8. The van der Waals surface area contributed by atoms with Crippen LogP contribution >= 0.6 is 11.3 Å². The van der Waals surface area contributed by atoms with Crippen molar-refractivity contribution in [2.75, 3.05) is 18.4 Å². The standard InChI is InChI=1S/C23H26N4O5S2/c1-4-21-25-22(26-32-21)19-13-20(15(3)33-19)34(30,31)27-10-8-16(9-11-27)23(29)24-18-7-5-6-17(12-18)14(2)28/h5-7,12-13,16H,4,8-11H2,1-3H3,(H,24,29). The molecule has 1 fully saturated rings. The monoisotopic (exact) mass is 502 g/mol. The van der Waals surface area contributed by atoms with Crippen LogP contribution in [0.4, 0.5) is 5.69 Å². The second-order valence-corrected chi connectivity index (χ2v) is 11.4. The lowest BCUT2D eigenvalue weighted by Gasteiger charge is -2.30. The van der Waals surface area contributed by atoms with Gasteiger partial charge in [-0.2, -0.15) is 9.29 Å². The highest BCUT2D eigenvalue weighted by molar-refractivity contribution is 7.89. The lowest BCUT2D eigenvalue weighted by Crippen LogP contribution is -2.41. The van der Waals surface area contributed by atoms with Crippen LogP contribution in [0.1, 0.15) is 47.8 Å². The minimum Gasteiger partial charge on any atom is -0.339 e. The molecule has 1 saturated heterocycles. The number of carbonyl (C=O) groups is 2. The summed E-state index contributed by atoms with van der Waals surface area (Å²) in [7, 11) is -3.71. The second kappa shape index (κ2) is 9.77. The molecule has 1 aliphatic rings. The van der Waals surface area contributed by atoms with E-state index in [0.717, 1.165) is 0 Å². The third-order valence-corrected chi connectivity index (χ3v) is 9.04. The van der Waals surface area contributed by atoms with E-state index < -0.39 is 10.0 Å². The summed E-state index contributed by atoms with van der Waals surface area (Å²) in [6, 6.07) is 8.38. The molecule has 2 aromatic heterocycles. The summed E-state index contributed by atoms with van der Waals surface area (Å²) in [6.45, 7) is 5.64. The van der Waals surface area contributed by atoms with Crippen molar-refractivity contribution in [1.82, 2.24) is 14.4 Å². The summed E-state index contributed by atoms with van der Waals surface area (Å²) in [5.41, 5.74) is 1.08. The minimum absolute atomic E-state index is 0.0772. The van der Waals surface area contributed by atoms with Gasteiger partial charge in [0.2, 0.25) is 27.6 Å². The van der Waals surface area contributed by atoms with E-state index >= 15 is 0 Å². The molecule has 1 amide bonds. The lowest BCUT2D eigenvalue weighted by molar-refractivity contribution is -0.120. The van der Waals surface area contributed by atoms with Crippen LogP contribution in [0.25, 0.3) is 10.7 Å². The van der Waals surface area contributed by atoms with Crippen molar-refractivity contribution in [2.45, 2.75) is 44.9 Å². The van der Waals surface area contributed by atoms with Gasteiger partial charge < -0.3 is 9.84 Å². The molecule has 0 bridgehead atoms. The Morgan fingerprint density at radius 3 is 2.62 bits per heavy atom. The fourth-order valence-corrected chi connectivity index (χ4v) is 6.84. The molecular formula is C23H26N4O5S2. The summed E-state index contributed by atoms with van der Waals surface area (Å²) in [6.07, 6.45) is 1.43. The fourth-order valence-electron chi connectivity index (χ4n) is 3.89. The number of amides is 1. The van der Waals surface area contributed by atoms with Crippen molar-refractivity contribution in [3.8, 4) is 10.7 Å². The number of aromatic nitrogens is 2. The molecule has 0 atom stereocenters. The minimum atomic E-state index is -3.71. The van der Waals surface area contributed by atoms with Crippen LogP contribution in [0.3, 0.4) is 0 Å². The van der Waals surface area contributed by atoms with E-state index in [0.29, 0.717) is 52.0 Å². The van der Waals surface area contributed by atoms with Crippen LogP contribution in [0.15, 0.2) is 39.8 Å². The van der Waals surface area contributed by atoms with Gasteiger partial charge in [-0.1, -0.05) is 24.2 Å². The van der Waals surface area contributed by atoms with E-state index in [1.807, 2.05) is 6.92 Å². The highest BCUT2D eigenvalue weighted by atomic mass is 32.2. The van der Waals surface area contributed by atoms with Gasteiger partial charge in [-0.3, -0.25) is 9.59 Å². The number of benzene rings is 1. The van der Waals surface area contributed by atoms with Crippen molar-refractivity contribution in [2.24, 2.45) is 5.92 Å². The zero-order valence-electron chi connectivity index (χ0n) is 19.2. The maximum absolute atomic E-state index is 13.3. The Hall–Kier alpha value is -2.89. The summed E-state index contributed by atoms with van der Waals surface area (Å²) < 4.78 is 33.2. The van der Waals surface area contributed by atoms with E-state index in [1.165, 1.54) is 22.6 Å². The van der Waals surface area contributed by atoms with Gasteiger partial charge in [0.05, 0.1) is 9.77 Å². The normalized spacial score (nSPS) is 15.4. The molecule has 11 heteroatoms. The number of nitrogens with one attached hydrogen (secondary N) is 1. The second-order valence-electron chi connectivity index (χ2n) is 8.20. The average molecular weight is 503 g/mol. The van der Waals surface area contributed by atoms with E-state index in [-0.39, 0.29) is 35.6 Å². The number of anilines is 1. The van der Waals surface area contributed by atoms with Crippen LogP contribution in [-0.4, -0.2) is 47.6 Å². The summed E-state index contributed by atoms with van der Waals surface area (Å²) in [4.78, 5) is 30.1. The van der Waals surface area contributed by atoms with Crippen LogP contribution in [-0.2, 0) is 21.2 Å². The number of piperidine rings is 1. The Balaban J connectivity index is 1.42. The van der Waals surface area contributed by atoms with Gasteiger partial charge >= 0.3 is 0 Å². The van der Waals surface area contributed by atoms with E-state index in [2.05, 4.69) is 15.5 Å². The number of carbonyl (C=O) groups excluding carboxylic acids is 2. The molecule has 1 aliphatic heterocycles. The van der Waals surface area contributed by atoms with Gasteiger partial charge in [-0.15, -0.1) is 11.3 Å². The number of hydrogen-bond donors (Lipinski definition) is 1. The van der Waals surface area contributed by atoms with Crippen molar-refractivity contribution < 1.29 is 22.5 Å². The van der Waals surface area contributed by atoms with Gasteiger partial charge in [-0.05, 0) is 44.9 Å². The molecule has 4 rings (SSSR count). The van der Waals surface area contributed by atoms with E-state index in [4.69, 9.17) is 4.52 Å². The lowest BCUT2D eigenvalue weighted by atomic mass is 9.97. The number of thiophene rings is 1. The first-order chi connectivity index (χ1) is 16.2. The fraction of sp³-hybridized carbons (Fsp3) is 0.391. The molecule has 1 N–H and O–H groups in total. The van der Waals surface area contributed by atoms with Crippen LogP contribution in [0.5, 0.6) is 0 Å². The van der Waals surface area contributed by atoms with Gasteiger partial charge in [-0.25, -0.2) is 8.42 Å². The number of aryl methyl sites for hydroxylation is 2. The number of nitrogens with zero attached hydrogens (tertiary/aromatic N) is 3. The van der Waals surface area contributed by atoms with Gasteiger partial charge in [0.15, 0.2) is 5.78 Å². The number of Topliss-reactive ketones (excluding diaryl/α,β-unsaturated/α-hetero) is 1. The van der Waals surface area contributed by atoms with Gasteiger partial charge in [0, 0.05) is 41.6 Å². The Kier molecular flexibility index (Phi) is 6.96. The summed E-state index contributed by atoms with van der Waals surface area (Å²) in [5, 5.41) is 6.79.